The minimum atomic E-state index is -0.320. The van der Waals surface area contributed by atoms with Crippen LogP contribution in [-0.4, -0.2) is 15.1 Å². The molecule has 0 aromatic heterocycles. The van der Waals surface area contributed by atoms with Crippen molar-refractivity contribution in [1.29, 1.82) is 0 Å². The normalized spacial score (nSPS) is 17.3. The van der Waals surface area contributed by atoms with Gasteiger partial charge in [0.1, 0.15) is 15.8 Å². The van der Waals surface area contributed by atoms with Crippen molar-refractivity contribution < 1.29 is 9.53 Å². The average molecular weight is 436 g/mol. The van der Waals surface area contributed by atoms with Crippen LogP contribution >= 0.6 is 35.6 Å². The van der Waals surface area contributed by atoms with Gasteiger partial charge in [0.15, 0.2) is 0 Å². The van der Waals surface area contributed by atoms with Crippen molar-refractivity contribution >= 4 is 51.9 Å². The fraction of sp³-hybridized carbons (Fsp3) is 0.0435. The van der Waals surface area contributed by atoms with Gasteiger partial charge in [-0.15, -0.1) is 0 Å². The number of thioether (sulfide) groups is 1. The number of nitrogens with zero attached hydrogens (tertiary/aromatic N) is 1. The van der Waals surface area contributed by atoms with E-state index in [1.165, 1.54) is 11.8 Å². The summed E-state index contributed by atoms with van der Waals surface area (Å²) in [5, 5.41) is 0.658. The number of rotatable bonds is 2. The van der Waals surface area contributed by atoms with Gasteiger partial charge in [0, 0.05) is 16.1 Å². The molecular formula is C23H14ClNO2S2. The standard InChI is InChI=1S/C23H14ClNO2S2/c24-15-11-9-14(10-12-15)13-20-22(26)25(23(28)29-20)21-16-5-1-3-7-18(16)27-19-8-4-2-6-17(19)21/h1-13,21H/b20-13+. The summed E-state index contributed by atoms with van der Waals surface area (Å²) in [6, 6.07) is 22.6. The molecule has 0 aliphatic carbocycles. The second-order valence-corrected chi connectivity index (χ2v) is 8.80. The van der Waals surface area contributed by atoms with E-state index >= 15 is 0 Å². The van der Waals surface area contributed by atoms with Crippen molar-refractivity contribution in [3.8, 4) is 11.5 Å². The van der Waals surface area contributed by atoms with Crippen LogP contribution in [0, 0.1) is 0 Å². The lowest BCUT2D eigenvalue weighted by atomic mass is 9.93. The second kappa shape index (κ2) is 7.34. The van der Waals surface area contributed by atoms with Gasteiger partial charge in [0.2, 0.25) is 0 Å². The number of fused-ring (bicyclic) bond motifs is 2. The van der Waals surface area contributed by atoms with Crippen molar-refractivity contribution in [3.63, 3.8) is 0 Å². The summed E-state index contributed by atoms with van der Waals surface area (Å²) in [4.78, 5) is 15.7. The van der Waals surface area contributed by atoms with Crippen LogP contribution in [0.25, 0.3) is 6.08 Å². The van der Waals surface area contributed by atoms with Crippen LogP contribution in [0.1, 0.15) is 22.7 Å². The van der Waals surface area contributed by atoms with E-state index in [1.54, 1.807) is 17.0 Å². The summed E-state index contributed by atoms with van der Waals surface area (Å²) in [5.41, 5.74) is 2.76. The first-order chi connectivity index (χ1) is 14.1. The van der Waals surface area contributed by atoms with E-state index in [2.05, 4.69) is 0 Å². The average Bonchev–Trinajstić information content (AvgIpc) is 3.01. The molecule has 0 atom stereocenters. The van der Waals surface area contributed by atoms with Crippen molar-refractivity contribution in [2.24, 2.45) is 0 Å². The van der Waals surface area contributed by atoms with Crippen molar-refractivity contribution in [2.75, 3.05) is 0 Å². The monoisotopic (exact) mass is 435 g/mol. The zero-order valence-electron chi connectivity index (χ0n) is 15.0. The molecule has 1 saturated heterocycles. The van der Waals surface area contributed by atoms with Gasteiger partial charge in [0.25, 0.3) is 5.91 Å². The Kier molecular flexibility index (Phi) is 4.66. The van der Waals surface area contributed by atoms with E-state index in [0.717, 1.165) is 28.2 Å². The largest absolute Gasteiger partial charge is 0.457 e. The van der Waals surface area contributed by atoms with E-state index in [-0.39, 0.29) is 11.9 Å². The fourth-order valence-corrected chi connectivity index (χ4v) is 5.01. The third kappa shape index (κ3) is 3.25. The van der Waals surface area contributed by atoms with Gasteiger partial charge in [-0.25, -0.2) is 0 Å². The lowest BCUT2D eigenvalue weighted by molar-refractivity contribution is -0.123. The number of carbonyl (C=O) groups is 1. The van der Waals surface area contributed by atoms with Gasteiger partial charge in [0.05, 0.1) is 10.9 Å². The number of amides is 1. The second-order valence-electron chi connectivity index (χ2n) is 6.68. The van der Waals surface area contributed by atoms with E-state index in [0.29, 0.717) is 14.2 Å². The topological polar surface area (TPSA) is 29.5 Å². The van der Waals surface area contributed by atoms with Crippen LogP contribution in [0.4, 0.5) is 0 Å². The fourth-order valence-electron chi connectivity index (χ4n) is 3.58. The van der Waals surface area contributed by atoms with E-state index in [9.17, 15) is 4.79 Å². The number of hydrogen-bond donors (Lipinski definition) is 0. The molecule has 0 N–H and O–H groups in total. The molecule has 29 heavy (non-hydrogen) atoms. The molecule has 0 bridgehead atoms. The van der Waals surface area contributed by atoms with Crippen LogP contribution in [0.2, 0.25) is 5.02 Å². The molecule has 0 radical (unpaired) electrons. The number of para-hydroxylation sites is 2. The van der Waals surface area contributed by atoms with Gasteiger partial charge in [-0.2, -0.15) is 0 Å². The molecule has 142 valence electrons. The Morgan fingerprint density at radius 2 is 1.52 bits per heavy atom. The Balaban J connectivity index is 1.58. The SMILES string of the molecule is O=C1/C(=C\c2ccc(Cl)cc2)SC(=S)N1C1c2ccccc2Oc2ccccc21. The summed E-state index contributed by atoms with van der Waals surface area (Å²) in [7, 11) is 0. The summed E-state index contributed by atoms with van der Waals surface area (Å²) in [6.45, 7) is 0. The van der Waals surface area contributed by atoms with E-state index in [4.69, 9.17) is 28.6 Å². The minimum absolute atomic E-state index is 0.105. The Morgan fingerprint density at radius 3 is 2.14 bits per heavy atom. The third-order valence-electron chi connectivity index (χ3n) is 4.90. The van der Waals surface area contributed by atoms with Crippen LogP contribution < -0.4 is 4.74 Å². The molecular weight excluding hydrogens is 422 g/mol. The highest BCUT2D eigenvalue weighted by Crippen LogP contribution is 2.49. The molecule has 1 amide bonds. The van der Waals surface area contributed by atoms with Crippen LogP contribution in [-0.2, 0) is 4.79 Å². The van der Waals surface area contributed by atoms with Gasteiger partial charge in [-0.1, -0.05) is 84.1 Å². The first-order valence-electron chi connectivity index (χ1n) is 9.00. The highest BCUT2D eigenvalue weighted by atomic mass is 35.5. The number of thiocarbonyl (C=S) groups is 1. The maximum atomic E-state index is 13.4. The molecule has 5 rings (SSSR count). The number of benzene rings is 3. The highest BCUT2D eigenvalue weighted by Gasteiger charge is 2.42. The summed E-state index contributed by atoms with van der Waals surface area (Å²) >= 11 is 12.9. The number of halogens is 1. The molecule has 2 aliphatic rings. The molecule has 1 fully saturated rings. The zero-order chi connectivity index (χ0) is 20.0. The third-order valence-corrected chi connectivity index (χ3v) is 6.48. The predicted molar refractivity (Wildman–Crippen MR) is 121 cm³/mol. The van der Waals surface area contributed by atoms with Gasteiger partial charge in [-0.05, 0) is 35.9 Å². The van der Waals surface area contributed by atoms with Gasteiger partial charge < -0.3 is 4.74 Å². The maximum Gasteiger partial charge on any atom is 0.267 e. The van der Waals surface area contributed by atoms with Crippen molar-refractivity contribution in [1.82, 2.24) is 4.90 Å². The molecule has 0 spiro atoms. The Hall–Kier alpha value is -2.60. The molecule has 0 saturated carbocycles. The summed E-state index contributed by atoms with van der Waals surface area (Å²) in [6.07, 6.45) is 1.85. The minimum Gasteiger partial charge on any atom is -0.457 e. The quantitative estimate of drug-likeness (QED) is 0.342. The van der Waals surface area contributed by atoms with Crippen LogP contribution in [0.5, 0.6) is 11.5 Å². The number of hydrogen-bond acceptors (Lipinski definition) is 4. The van der Waals surface area contributed by atoms with Gasteiger partial charge >= 0.3 is 0 Å². The molecule has 3 aromatic rings. The van der Waals surface area contributed by atoms with Crippen molar-refractivity contribution in [2.45, 2.75) is 6.04 Å². The van der Waals surface area contributed by atoms with Crippen LogP contribution in [0.3, 0.4) is 0 Å². The first-order valence-corrected chi connectivity index (χ1v) is 10.6. The number of ether oxygens (including phenoxy) is 1. The molecule has 3 aromatic carbocycles. The molecule has 6 heteroatoms. The van der Waals surface area contributed by atoms with Crippen LogP contribution in [0.15, 0.2) is 77.7 Å². The smallest absolute Gasteiger partial charge is 0.267 e. The summed E-state index contributed by atoms with van der Waals surface area (Å²) < 4.78 is 6.59. The lowest BCUT2D eigenvalue weighted by Crippen LogP contribution is -2.34. The molecule has 2 aliphatic heterocycles. The zero-order valence-corrected chi connectivity index (χ0v) is 17.4. The Labute approximate surface area is 182 Å². The highest BCUT2D eigenvalue weighted by molar-refractivity contribution is 8.26. The first kappa shape index (κ1) is 18.4. The maximum absolute atomic E-state index is 13.4. The number of carbonyl (C=O) groups excluding carboxylic acids is 1. The van der Waals surface area contributed by atoms with Crippen molar-refractivity contribution in [3.05, 3.63) is 99.4 Å². The lowest BCUT2D eigenvalue weighted by Gasteiger charge is -2.33. The Morgan fingerprint density at radius 1 is 0.931 bits per heavy atom. The van der Waals surface area contributed by atoms with E-state index < -0.39 is 0 Å². The van der Waals surface area contributed by atoms with E-state index in [1.807, 2.05) is 66.7 Å². The molecule has 2 heterocycles. The molecule has 0 unspecified atom stereocenters. The van der Waals surface area contributed by atoms with Gasteiger partial charge in [-0.3, -0.25) is 9.69 Å². The molecule has 3 nitrogen and oxygen atoms in total. The summed E-state index contributed by atoms with van der Waals surface area (Å²) in [5.74, 6) is 1.38. The Bertz CT molecular complexity index is 1130. The predicted octanol–water partition coefficient (Wildman–Crippen LogP) is 6.44.